The van der Waals surface area contributed by atoms with Crippen LogP contribution in [0.15, 0.2) is 40.8 Å². The Balaban J connectivity index is 1.68. The molecule has 1 amide bonds. The maximum absolute atomic E-state index is 13.5. The number of carbonyl (C=O) groups excluding carboxylic acids is 1. The van der Waals surface area contributed by atoms with E-state index in [1.54, 1.807) is 12.1 Å². The number of rotatable bonds is 7. The first-order valence-corrected chi connectivity index (χ1v) is 12.9. The summed E-state index contributed by atoms with van der Waals surface area (Å²) >= 11 is 0. The van der Waals surface area contributed by atoms with Crippen LogP contribution in [0.1, 0.15) is 34.7 Å². The van der Waals surface area contributed by atoms with Crippen molar-refractivity contribution in [1.82, 2.24) is 0 Å². The normalized spacial score (nSPS) is 18.6. The Bertz CT molecular complexity index is 1370. The quantitative estimate of drug-likeness (QED) is 0.495. The van der Waals surface area contributed by atoms with Crippen LogP contribution in [0.2, 0.25) is 6.32 Å². The molecule has 178 valence electrons. The average Bonchev–Trinajstić information content (AvgIpc) is 3.42. The minimum atomic E-state index is -3.68. The van der Waals surface area contributed by atoms with E-state index in [1.165, 1.54) is 28.6 Å². The van der Waals surface area contributed by atoms with Gasteiger partial charge in [-0.3, -0.25) is 9.10 Å². The van der Waals surface area contributed by atoms with Crippen molar-refractivity contribution in [2.24, 2.45) is 11.7 Å². The zero-order chi connectivity index (χ0) is 24.2. The predicted octanol–water partition coefficient (Wildman–Crippen LogP) is 3.11. The first kappa shape index (κ1) is 22.9. The number of carbonyl (C=O) groups is 1. The highest BCUT2D eigenvalue weighted by atomic mass is 32.2. The molecule has 3 N–H and O–H groups in total. The van der Waals surface area contributed by atoms with Gasteiger partial charge in [0.2, 0.25) is 10.0 Å². The lowest BCUT2D eigenvalue weighted by Gasteiger charge is -2.27. The summed E-state index contributed by atoms with van der Waals surface area (Å²) in [6.07, 6.45) is 3.28. The van der Waals surface area contributed by atoms with Crippen LogP contribution in [-0.4, -0.2) is 45.9 Å². The number of primary amides is 1. The van der Waals surface area contributed by atoms with E-state index in [0.717, 1.165) is 24.7 Å². The van der Waals surface area contributed by atoms with Crippen molar-refractivity contribution in [3.63, 3.8) is 0 Å². The van der Waals surface area contributed by atoms with Crippen LogP contribution in [0.5, 0.6) is 0 Å². The molecule has 11 heteroatoms. The van der Waals surface area contributed by atoms with Crippen LogP contribution < -0.4 is 10.0 Å². The Morgan fingerprint density at radius 1 is 1.26 bits per heavy atom. The van der Waals surface area contributed by atoms with E-state index in [9.17, 15) is 22.6 Å². The minimum absolute atomic E-state index is 0.148. The minimum Gasteiger partial charge on any atom is -0.455 e. The monoisotopic (exact) mass is 486 g/mol. The second kappa shape index (κ2) is 8.40. The predicted molar refractivity (Wildman–Crippen MR) is 127 cm³/mol. The second-order valence-corrected chi connectivity index (χ2v) is 10.9. The van der Waals surface area contributed by atoms with Gasteiger partial charge in [0.1, 0.15) is 17.2 Å². The lowest BCUT2D eigenvalue weighted by Crippen LogP contribution is -2.35. The van der Waals surface area contributed by atoms with Gasteiger partial charge < -0.3 is 19.8 Å². The van der Waals surface area contributed by atoms with Crippen LogP contribution in [0.4, 0.5) is 10.1 Å². The topological polar surface area (TPSA) is 123 Å². The number of nitrogens with two attached hydrogens (primary N) is 1. The van der Waals surface area contributed by atoms with Gasteiger partial charge in [-0.2, -0.15) is 0 Å². The molecule has 0 radical (unpaired) electrons. The smallest absolute Gasteiger partial charge is 0.454 e. The largest absolute Gasteiger partial charge is 0.455 e. The molecule has 2 aliphatic rings. The number of furan rings is 1. The van der Waals surface area contributed by atoms with Gasteiger partial charge >= 0.3 is 7.12 Å². The molecule has 0 spiro atoms. The number of hydrogen-bond acceptors (Lipinski definition) is 6. The Morgan fingerprint density at radius 2 is 1.97 bits per heavy atom. The Morgan fingerprint density at radius 3 is 2.53 bits per heavy atom. The molecule has 5 rings (SSSR count). The number of anilines is 1. The summed E-state index contributed by atoms with van der Waals surface area (Å²) in [6, 6.07) is 8.94. The van der Waals surface area contributed by atoms with E-state index < -0.39 is 28.9 Å². The molecule has 2 fully saturated rings. The number of fused-ring (bicyclic) bond motifs is 1. The Labute approximate surface area is 196 Å². The summed E-state index contributed by atoms with van der Waals surface area (Å²) < 4.78 is 51.7. The van der Waals surface area contributed by atoms with Crippen molar-refractivity contribution >= 4 is 39.7 Å². The third-order valence-corrected chi connectivity index (χ3v) is 7.51. The number of halogens is 1. The number of hydrogen-bond donors (Lipinski definition) is 2. The van der Waals surface area contributed by atoms with E-state index in [2.05, 4.69) is 0 Å². The maximum atomic E-state index is 13.5. The Kier molecular flexibility index (Phi) is 5.66. The van der Waals surface area contributed by atoms with Crippen molar-refractivity contribution < 1.29 is 31.7 Å². The van der Waals surface area contributed by atoms with Crippen LogP contribution >= 0.6 is 0 Å². The van der Waals surface area contributed by atoms with Gasteiger partial charge in [0.05, 0.1) is 17.5 Å². The highest BCUT2D eigenvalue weighted by molar-refractivity contribution is 7.92. The Hall–Kier alpha value is -2.89. The molecule has 2 heterocycles. The van der Waals surface area contributed by atoms with Crippen LogP contribution in [0.25, 0.3) is 22.3 Å². The van der Waals surface area contributed by atoms with Gasteiger partial charge in [0.25, 0.3) is 5.91 Å². The summed E-state index contributed by atoms with van der Waals surface area (Å²) in [4.78, 5) is 12.4. The van der Waals surface area contributed by atoms with Crippen molar-refractivity contribution in [2.45, 2.75) is 25.1 Å². The van der Waals surface area contributed by atoms with Crippen molar-refractivity contribution in [1.29, 1.82) is 0 Å². The molecule has 1 aliphatic carbocycles. The molecular formula is C23H24BFN2O6S. The van der Waals surface area contributed by atoms with E-state index in [0.29, 0.717) is 28.5 Å². The zero-order valence-corrected chi connectivity index (χ0v) is 19.3. The van der Waals surface area contributed by atoms with E-state index >= 15 is 0 Å². The lowest BCUT2D eigenvalue weighted by molar-refractivity contribution is 0.100. The van der Waals surface area contributed by atoms with Crippen LogP contribution in [0, 0.1) is 11.7 Å². The fourth-order valence-corrected chi connectivity index (χ4v) is 5.57. The van der Waals surface area contributed by atoms with Gasteiger partial charge in [0, 0.05) is 30.2 Å². The maximum Gasteiger partial charge on any atom is 0.454 e. The van der Waals surface area contributed by atoms with Crippen molar-refractivity contribution in [3.05, 3.63) is 53.3 Å². The van der Waals surface area contributed by atoms with Gasteiger partial charge in [-0.05, 0) is 66.9 Å². The molecule has 34 heavy (non-hydrogen) atoms. The molecule has 3 aromatic rings. The van der Waals surface area contributed by atoms with E-state index in [4.69, 9.17) is 14.8 Å². The third-order valence-electron chi connectivity index (χ3n) is 6.36. The molecule has 1 aromatic heterocycles. The van der Waals surface area contributed by atoms with Gasteiger partial charge in [-0.1, -0.05) is 0 Å². The summed E-state index contributed by atoms with van der Waals surface area (Å²) in [7, 11) is -4.58. The highest BCUT2D eigenvalue weighted by Gasteiger charge is 2.36. The summed E-state index contributed by atoms with van der Waals surface area (Å²) in [5.41, 5.74) is 7.95. The average molecular weight is 486 g/mol. The fourth-order valence-electron chi connectivity index (χ4n) is 4.58. The first-order valence-electron chi connectivity index (χ1n) is 11.1. The standard InChI is InChI=1S/C23H24BFN2O6S/c1-34(30,31)27(11-13-10-24(29)32-12-13)19-9-20-18(8-17(19)14-2-3-14)21(23(26)28)22(33-20)15-4-6-16(25)7-5-15/h4-9,13-14,29H,2-3,10-12H2,1H3,(H2,26,28). The second-order valence-electron chi connectivity index (χ2n) is 9.04. The number of amides is 1. The molecule has 1 aliphatic heterocycles. The molecular weight excluding hydrogens is 462 g/mol. The fraction of sp³-hybridized carbons (Fsp3) is 0.348. The molecule has 1 unspecified atom stereocenters. The zero-order valence-electron chi connectivity index (χ0n) is 18.5. The first-order chi connectivity index (χ1) is 16.1. The molecule has 0 bridgehead atoms. The van der Waals surface area contributed by atoms with Crippen LogP contribution in [0.3, 0.4) is 0 Å². The number of nitrogens with zero attached hydrogens (tertiary/aromatic N) is 1. The van der Waals surface area contributed by atoms with Crippen molar-refractivity contribution in [3.8, 4) is 11.3 Å². The summed E-state index contributed by atoms with van der Waals surface area (Å²) in [6.45, 7) is 0.408. The highest BCUT2D eigenvalue weighted by Crippen LogP contribution is 2.48. The number of sulfonamides is 1. The van der Waals surface area contributed by atoms with Gasteiger partial charge in [-0.25, -0.2) is 12.8 Å². The molecule has 2 aromatic carbocycles. The van der Waals surface area contributed by atoms with Crippen LogP contribution in [-0.2, 0) is 14.7 Å². The lowest BCUT2D eigenvalue weighted by atomic mass is 9.82. The SMILES string of the molecule is CS(=O)(=O)N(CC1COB(O)C1)c1cc2oc(-c3ccc(F)cc3)c(C(N)=O)c2cc1C1CC1. The summed E-state index contributed by atoms with van der Waals surface area (Å²) in [5.74, 6) is -0.924. The number of benzene rings is 2. The van der Waals surface area contributed by atoms with E-state index in [-0.39, 0.29) is 36.3 Å². The van der Waals surface area contributed by atoms with E-state index in [1.807, 2.05) is 0 Å². The van der Waals surface area contributed by atoms with Crippen molar-refractivity contribution in [2.75, 3.05) is 23.7 Å². The molecule has 8 nitrogen and oxygen atoms in total. The molecule has 1 saturated carbocycles. The van der Waals surface area contributed by atoms with Gasteiger partial charge in [0.15, 0.2) is 0 Å². The summed E-state index contributed by atoms with van der Waals surface area (Å²) in [5, 5.41) is 10.2. The van der Waals surface area contributed by atoms with Gasteiger partial charge in [-0.15, -0.1) is 0 Å². The third kappa shape index (κ3) is 4.31. The molecule has 1 atom stereocenters. The molecule has 1 saturated heterocycles.